The molecule has 2 unspecified atom stereocenters. The second-order valence-corrected chi connectivity index (χ2v) is 13.1. The minimum absolute atomic E-state index is 0.111. The number of carboxylic acids is 1. The molecule has 0 saturated carbocycles. The Morgan fingerprint density at radius 2 is 0.872 bits per heavy atom. The van der Waals surface area contributed by atoms with E-state index in [9.17, 15) is 4.79 Å². The molecule has 0 aliphatic carbocycles. The lowest BCUT2D eigenvalue weighted by atomic mass is 9.71. The predicted molar refractivity (Wildman–Crippen MR) is 181 cm³/mol. The maximum Gasteiger partial charge on any atom is 0.306 e. The number of rotatable bonds is 29. The molecule has 0 spiro atoms. The van der Waals surface area contributed by atoms with Crippen LogP contribution in [0.2, 0.25) is 0 Å². The van der Waals surface area contributed by atoms with E-state index >= 15 is 0 Å². The molecule has 0 aliphatic rings. The molecule has 2 atom stereocenters. The van der Waals surface area contributed by atoms with Crippen LogP contribution in [0.1, 0.15) is 208 Å². The first-order valence-electron chi connectivity index (χ1n) is 17.9. The number of carbonyl (C=O) groups is 1. The summed E-state index contributed by atoms with van der Waals surface area (Å²) in [6, 6.07) is 0. The van der Waals surface area contributed by atoms with Gasteiger partial charge in [0.05, 0.1) is 5.92 Å². The minimum atomic E-state index is -0.643. The molecule has 1 N–H and O–H groups in total. The van der Waals surface area contributed by atoms with E-state index in [0.717, 1.165) is 25.7 Å². The summed E-state index contributed by atoms with van der Waals surface area (Å²) in [5.41, 5.74) is 0.692. The number of hydrogen-bond donors (Lipinski definition) is 1. The Morgan fingerprint density at radius 3 is 1.18 bits per heavy atom. The van der Waals surface area contributed by atoms with Gasteiger partial charge in [0.2, 0.25) is 0 Å². The van der Waals surface area contributed by atoms with E-state index in [0.29, 0.717) is 5.41 Å². The maximum absolute atomic E-state index is 10.4. The number of aliphatic carboxylic acids is 1. The summed E-state index contributed by atoms with van der Waals surface area (Å²) in [5.74, 6) is -0.754. The predicted octanol–water partition coefficient (Wildman–Crippen LogP) is 13.2. The molecule has 0 radical (unpaired) electrons. The van der Waals surface area contributed by atoms with Crippen LogP contribution in [0.25, 0.3) is 0 Å². The van der Waals surface area contributed by atoms with Crippen molar-refractivity contribution in [3.8, 4) is 0 Å². The summed E-state index contributed by atoms with van der Waals surface area (Å²) in [6.45, 7) is 11.1. The SMILES string of the molecule is CCCCC(CC)C(=O)O.CCCCC(CCCC)(CCCC)CCCCCCCCCCCCCCCP. The lowest BCUT2D eigenvalue weighted by Crippen LogP contribution is -2.21. The molecule has 0 fully saturated rings. The van der Waals surface area contributed by atoms with Gasteiger partial charge < -0.3 is 5.11 Å². The molecule has 236 valence electrons. The molecule has 0 amide bonds. The molecule has 0 bridgehead atoms. The van der Waals surface area contributed by atoms with Crippen molar-refractivity contribution in [2.75, 3.05) is 6.16 Å². The molecule has 3 heteroatoms. The lowest BCUT2D eigenvalue weighted by molar-refractivity contribution is -0.142. The zero-order chi connectivity index (χ0) is 29.5. The quantitative estimate of drug-likeness (QED) is 0.0717. The van der Waals surface area contributed by atoms with Crippen molar-refractivity contribution in [1.29, 1.82) is 0 Å². The fourth-order valence-corrected chi connectivity index (χ4v) is 6.24. The van der Waals surface area contributed by atoms with Crippen LogP contribution in [0.4, 0.5) is 0 Å². The van der Waals surface area contributed by atoms with Crippen LogP contribution < -0.4 is 0 Å². The van der Waals surface area contributed by atoms with E-state index in [-0.39, 0.29) is 5.92 Å². The van der Waals surface area contributed by atoms with Gasteiger partial charge in [-0.15, -0.1) is 9.24 Å². The highest BCUT2D eigenvalue weighted by Gasteiger charge is 2.27. The van der Waals surface area contributed by atoms with Crippen molar-refractivity contribution in [3.05, 3.63) is 0 Å². The average Bonchev–Trinajstić information content (AvgIpc) is 2.94. The summed E-state index contributed by atoms with van der Waals surface area (Å²) < 4.78 is 0. The van der Waals surface area contributed by atoms with Crippen LogP contribution in [0.3, 0.4) is 0 Å². The van der Waals surface area contributed by atoms with Gasteiger partial charge >= 0.3 is 5.97 Å². The van der Waals surface area contributed by atoms with Gasteiger partial charge in [0, 0.05) is 0 Å². The molecule has 0 aliphatic heterocycles. The Morgan fingerprint density at radius 1 is 0.538 bits per heavy atom. The van der Waals surface area contributed by atoms with Gasteiger partial charge in [-0.1, -0.05) is 163 Å². The third-order valence-corrected chi connectivity index (χ3v) is 9.25. The van der Waals surface area contributed by atoms with Crippen LogP contribution in [-0.2, 0) is 4.79 Å². The zero-order valence-corrected chi connectivity index (χ0v) is 29.0. The summed E-state index contributed by atoms with van der Waals surface area (Å²) in [5, 5.41) is 8.60. The van der Waals surface area contributed by atoms with Gasteiger partial charge in [-0.25, -0.2) is 0 Å². The first-order chi connectivity index (χ1) is 19.0. The van der Waals surface area contributed by atoms with Crippen molar-refractivity contribution in [3.63, 3.8) is 0 Å². The van der Waals surface area contributed by atoms with E-state index in [1.807, 2.05) is 6.92 Å². The Bertz CT molecular complexity index is 457. The van der Waals surface area contributed by atoms with Crippen LogP contribution in [0.5, 0.6) is 0 Å². The van der Waals surface area contributed by atoms with Gasteiger partial charge in [-0.05, 0) is 56.5 Å². The minimum Gasteiger partial charge on any atom is -0.481 e. The molecule has 0 saturated heterocycles. The highest BCUT2D eigenvalue weighted by molar-refractivity contribution is 7.16. The number of hydrogen-bond acceptors (Lipinski definition) is 1. The summed E-state index contributed by atoms with van der Waals surface area (Å²) >= 11 is 0. The van der Waals surface area contributed by atoms with Gasteiger partial charge in [0.15, 0.2) is 0 Å². The monoisotopic (exact) mass is 571 g/mol. The Balaban J connectivity index is 0. The average molecular weight is 571 g/mol. The molecule has 0 rings (SSSR count). The largest absolute Gasteiger partial charge is 0.481 e. The smallest absolute Gasteiger partial charge is 0.306 e. The van der Waals surface area contributed by atoms with Gasteiger partial charge in [-0.2, -0.15) is 0 Å². The summed E-state index contributed by atoms with van der Waals surface area (Å²) in [7, 11) is 2.85. The summed E-state index contributed by atoms with van der Waals surface area (Å²) in [6.07, 6.45) is 38.6. The lowest BCUT2D eigenvalue weighted by Gasteiger charge is -2.35. The van der Waals surface area contributed by atoms with Gasteiger partial charge in [-0.3, -0.25) is 4.79 Å². The Kier molecular flexibility index (Phi) is 34.1. The molecule has 0 aromatic heterocycles. The third kappa shape index (κ3) is 27.8. The van der Waals surface area contributed by atoms with E-state index in [1.165, 1.54) is 154 Å². The maximum atomic E-state index is 10.4. The van der Waals surface area contributed by atoms with E-state index in [4.69, 9.17) is 5.11 Å². The highest BCUT2D eigenvalue weighted by atomic mass is 31.0. The standard InChI is InChI=1S/C28H59P.C8H16O2/c1-4-7-23-28(24-8-5-2,25-9-6-3)26-21-19-17-15-13-11-10-12-14-16-18-20-22-27-29;1-3-5-6-7(4-2)8(9)10/h4-27,29H2,1-3H3;7H,3-6H2,1-2H3,(H,9,10). The fourth-order valence-electron chi connectivity index (χ4n) is 5.95. The fraction of sp³-hybridized carbons (Fsp3) is 0.972. The Labute approximate surface area is 250 Å². The molecule has 0 heterocycles. The topological polar surface area (TPSA) is 37.3 Å². The second-order valence-electron chi connectivity index (χ2n) is 12.5. The molecule has 0 aromatic rings. The van der Waals surface area contributed by atoms with Crippen molar-refractivity contribution < 1.29 is 9.90 Å². The van der Waals surface area contributed by atoms with Gasteiger partial charge in [0.25, 0.3) is 0 Å². The Hall–Kier alpha value is -0.100. The first-order valence-corrected chi connectivity index (χ1v) is 18.7. The van der Waals surface area contributed by atoms with E-state index in [1.54, 1.807) is 0 Å². The molecular weight excluding hydrogens is 495 g/mol. The van der Waals surface area contributed by atoms with Crippen LogP contribution in [-0.4, -0.2) is 17.2 Å². The van der Waals surface area contributed by atoms with Gasteiger partial charge in [0.1, 0.15) is 0 Å². The normalized spacial score (nSPS) is 12.3. The molecule has 0 aromatic carbocycles. The van der Waals surface area contributed by atoms with Crippen LogP contribution in [0, 0.1) is 11.3 Å². The zero-order valence-electron chi connectivity index (χ0n) is 27.8. The number of unbranched alkanes of at least 4 members (excludes halogenated alkanes) is 16. The molecule has 39 heavy (non-hydrogen) atoms. The first kappa shape index (κ1) is 41.0. The van der Waals surface area contributed by atoms with E-state index < -0.39 is 5.97 Å². The van der Waals surface area contributed by atoms with Crippen molar-refractivity contribution in [2.45, 2.75) is 208 Å². The third-order valence-electron chi connectivity index (χ3n) is 8.84. The van der Waals surface area contributed by atoms with E-state index in [2.05, 4.69) is 36.9 Å². The van der Waals surface area contributed by atoms with Crippen molar-refractivity contribution in [2.24, 2.45) is 11.3 Å². The van der Waals surface area contributed by atoms with Crippen molar-refractivity contribution in [1.82, 2.24) is 0 Å². The van der Waals surface area contributed by atoms with Crippen molar-refractivity contribution >= 4 is 15.2 Å². The molecular formula is C36H75O2P. The number of carboxylic acid groups (broad SMARTS) is 1. The van der Waals surface area contributed by atoms with Crippen LogP contribution >= 0.6 is 9.24 Å². The van der Waals surface area contributed by atoms with Crippen LogP contribution in [0.15, 0.2) is 0 Å². The highest BCUT2D eigenvalue weighted by Crippen LogP contribution is 2.41. The summed E-state index contributed by atoms with van der Waals surface area (Å²) in [4.78, 5) is 10.4. The second kappa shape index (κ2) is 32.4. The molecule has 2 nitrogen and oxygen atoms in total.